The molecule has 0 unspecified atom stereocenters. The van der Waals surface area contributed by atoms with Crippen molar-refractivity contribution in [1.82, 2.24) is 0 Å². The second-order valence-corrected chi connectivity index (χ2v) is 3.17. The lowest BCUT2D eigenvalue weighted by atomic mass is 10.1. The average Bonchev–Trinajstić information content (AvgIpc) is 2.42. The molecule has 0 aromatic heterocycles. The number of allylic oxidation sites excluding steroid dienone is 1. The quantitative estimate of drug-likeness (QED) is 0.379. The minimum absolute atomic E-state index is 0.311. The summed E-state index contributed by atoms with van der Waals surface area (Å²) in [6.45, 7) is 3.94. The number of carbonyl (C=O) groups excluding carboxylic acids is 1. The van der Waals surface area contributed by atoms with Gasteiger partial charge in [-0.3, -0.25) is 0 Å². The maximum atomic E-state index is 11.0. The maximum absolute atomic E-state index is 11.0. The van der Waals surface area contributed by atoms with E-state index < -0.39 is 0 Å². The van der Waals surface area contributed by atoms with Gasteiger partial charge < -0.3 is 4.84 Å². The van der Waals surface area contributed by atoms with Gasteiger partial charge in [-0.25, -0.2) is 4.79 Å². The molecule has 1 rings (SSSR count). The van der Waals surface area contributed by atoms with Crippen molar-refractivity contribution in [2.24, 2.45) is 5.16 Å². The summed E-state index contributed by atoms with van der Waals surface area (Å²) in [5.41, 5.74) is 1.33. The number of oxime groups is 1. The first kappa shape index (κ1) is 9.96. The molecule has 1 heterocycles. The van der Waals surface area contributed by atoms with E-state index in [1.54, 1.807) is 6.92 Å². The van der Waals surface area contributed by atoms with Crippen LogP contribution in [0, 0.1) is 0 Å². The van der Waals surface area contributed by atoms with E-state index in [2.05, 4.69) is 16.9 Å². The van der Waals surface area contributed by atoms with Crippen LogP contribution in [-0.4, -0.2) is 11.7 Å². The molecule has 0 saturated heterocycles. The van der Waals surface area contributed by atoms with Crippen LogP contribution in [-0.2, 0) is 9.63 Å². The van der Waals surface area contributed by atoms with Crippen molar-refractivity contribution in [3.05, 3.63) is 11.6 Å². The van der Waals surface area contributed by atoms with Crippen molar-refractivity contribution in [2.75, 3.05) is 0 Å². The predicted octanol–water partition coefficient (Wildman–Crippen LogP) is 2.43. The molecule has 0 spiro atoms. The first-order valence-electron chi connectivity index (χ1n) is 4.72. The molecule has 1 aliphatic heterocycles. The van der Waals surface area contributed by atoms with Crippen molar-refractivity contribution < 1.29 is 9.63 Å². The van der Waals surface area contributed by atoms with Crippen LogP contribution in [0.3, 0.4) is 0 Å². The van der Waals surface area contributed by atoms with Gasteiger partial charge in [0.15, 0.2) is 0 Å². The Morgan fingerprint density at radius 2 is 2.23 bits per heavy atom. The van der Waals surface area contributed by atoms with Crippen LogP contribution in [0.2, 0.25) is 0 Å². The predicted molar refractivity (Wildman–Crippen MR) is 51.4 cm³/mol. The summed E-state index contributed by atoms with van der Waals surface area (Å²) in [6, 6.07) is 0. The highest BCUT2D eigenvalue weighted by Crippen LogP contribution is 2.12. The number of nitrogens with zero attached hydrogens (tertiary/aromatic N) is 1. The van der Waals surface area contributed by atoms with Crippen LogP contribution >= 0.6 is 0 Å². The molecule has 72 valence electrons. The fourth-order valence-corrected chi connectivity index (χ4v) is 1.23. The molecule has 0 N–H and O–H groups in total. The number of hydrogen-bond acceptors (Lipinski definition) is 3. The third-order valence-electron chi connectivity index (χ3n) is 2.03. The molecule has 0 bridgehead atoms. The van der Waals surface area contributed by atoms with Crippen LogP contribution in [0.1, 0.15) is 39.5 Å². The van der Waals surface area contributed by atoms with Gasteiger partial charge in [0.05, 0.1) is 11.3 Å². The largest absolute Gasteiger partial charge is 0.367 e. The van der Waals surface area contributed by atoms with Gasteiger partial charge in [0.2, 0.25) is 0 Å². The highest BCUT2D eigenvalue weighted by molar-refractivity contribution is 6.21. The second-order valence-electron chi connectivity index (χ2n) is 3.17. The number of carbonyl (C=O) groups is 1. The molecule has 0 aromatic carbocycles. The second kappa shape index (κ2) is 4.80. The highest BCUT2D eigenvalue weighted by Gasteiger charge is 2.20. The lowest BCUT2D eigenvalue weighted by molar-refractivity contribution is -0.136. The molecule has 0 radical (unpaired) electrons. The van der Waals surface area contributed by atoms with E-state index in [-0.39, 0.29) is 5.97 Å². The Kier molecular flexibility index (Phi) is 3.68. The fraction of sp³-hybridized carbons (Fsp3) is 0.600. The standard InChI is InChI=1S/C10H15NO2/c1-3-4-5-6-7-9-8(2)11-13-10(9)12/h7H,3-6H2,1-2H3. The van der Waals surface area contributed by atoms with Gasteiger partial charge in [-0.05, 0) is 19.8 Å². The van der Waals surface area contributed by atoms with E-state index in [1.165, 1.54) is 12.8 Å². The van der Waals surface area contributed by atoms with Gasteiger partial charge >= 0.3 is 5.97 Å². The molecule has 0 saturated carbocycles. The first-order valence-corrected chi connectivity index (χ1v) is 4.72. The van der Waals surface area contributed by atoms with Crippen LogP contribution in [0.4, 0.5) is 0 Å². The van der Waals surface area contributed by atoms with Crippen LogP contribution in [0.25, 0.3) is 0 Å². The molecule has 0 aliphatic carbocycles. The molecule has 3 heteroatoms. The summed E-state index contributed by atoms with van der Waals surface area (Å²) < 4.78 is 0. The number of hydrogen-bond donors (Lipinski definition) is 0. The third kappa shape index (κ3) is 2.68. The SMILES string of the molecule is CCCCCC=C1C(=O)ON=C1C. The summed E-state index contributed by atoms with van der Waals surface area (Å²) in [4.78, 5) is 15.6. The topological polar surface area (TPSA) is 38.7 Å². The highest BCUT2D eigenvalue weighted by atomic mass is 16.7. The molecule has 1 aliphatic rings. The van der Waals surface area contributed by atoms with Crippen molar-refractivity contribution in [3.63, 3.8) is 0 Å². The summed E-state index contributed by atoms with van der Waals surface area (Å²) in [6.07, 6.45) is 6.38. The molecular weight excluding hydrogens is 166 g/mol. The smallest absolute Gasteiger partial charge is 0.312 e. The Labute approximate surface area is 78.5 Å². The summed E-state index contributed by atoms with van der Waals surface area (Å²) >= 11 is 0. The minimum atomic E-state index is -0.311. The third-order valence-corrected chi connectivity index (χ3v) is 2.03. The monoisotopic (exact) mass is 181 g/mol. The molecule has 0 fully saturated rings. The van der Waals surface area contributed by atoms with Crippen molar-refractivity contribution >= 4 is 11.7 Å². The molecule has 0 atom stereocenters. The first-order chi connectivity index (χ1) is 6.25. The summed E-state index contributed by atoms with van der Waals surface area (Å²) in [5, 5.41) is 3.60. The number of rotatable bonds is 4. The van der Waals surface area contributed by atoms with Gasteiger partial charge in [0.1, 0.15) is 0 Å². The van der Waals surface area contributed by atoms with Gasteiger partial charge in [0, 0.05) is 0 Å². The summed E-state index contributed by atoms with van der Waals surface area (Å²) in [5.74, 6) is -0.311. The van der Waals surface area contributed by atoms with E-state index >= 15 is 0 Å². The van der Waals surface area contributed by atoms with Gasteiger partial charge in [-0.15, -0.1) is 0 Å². The fourth-order valence-electron chi connectivity index (χ4n) is 1.23. The average molecular weight is 181 g/mol. The zero-order chi connectivity index (χ0) is 9.68. The van der Waals surface area contributed by atoms with E-state index in [0.717, 1.165) is 12.8 Å². The molecule has 3 nitrogen and oxygen atoms in total. The van der Waals surface area contributed by atoms with E-state index in [9.17, 15) is 4.79 Å². The molecule has 0 amide bonds. The van der Waals surface area contributed by atoms with Crippen LogP contribution < -0.4 is 0 Å². The van der Waals surface area contributed by atoms with E-state index in [4.69, 9.17) is 0 Å². The number of unbranched alkanes of at least 4 members (excludes halogenated alkanes) is 3. The van der Waals surface area contributed by atoms with Gasteiger partial charge in [0.25, 0.3) is 0 Å². The van der Waals surface area contributed by atoms with Gasteiger partial charge in [-0.2, -0.15) is 0 Å². The van der Waals surface area contributed by atoms with Gasteiger partial charge in [-0.1, -0.05) is 31.0 Å². The Bertz CT molecular complexity index is 254. The maximum Gasteiger partial charge on any atom is 0.367 e. The normalized spacial score (nSPS) is 19.1. The lowest BCUT2D eigenvalue weighted by Crippen LogP contribution is -2.01. The van der Waals surface area contributed by atoms with E-state index in [1.807, 2.05) is 6.08 Å². The Morgan fingerprint density at radius 3 is 2.77 bits per heavy atom. The molecule has 0 aromatic rings. The summed E-state index contributed by atoms with van der Waals surface area (Å²) in [7, 11) is 0. The minimum Gasteiger partial charge on any atom is -0.312 e. The van der Waals surface area contributed by atoms with Crippen molar-refractivity contribution in [3.8, 4) is 0 Å². The Balaban J connectivity index is 2.41. The zero-order valence-electron chi connectivity index (χ0n) is 8.17. The van der Waals surface area contributed by atoms with Crippen molar-refractivity contribution in [1.29, 1.82) is 0 Å². The van der Waals surface area contributed by atoms with Crippen LogP contribution in [0.15, 0.2) is 16.8 Å². The van der Waals surface area contributed by atoms with Crippen molar-refractivity contribution in [2.45, 2.75) is 39.5 Å². The zero-order valence-corrected chi connectivity index (χ0v) is 8.17. The lowest BCUT2D eigenvalue weighted by Gasteiger charge is -1.94. The molecule has 13 heavy (non-hydrogen) atoms. The Hall–Kier alpha value is -1.12. The van der Waals surface area contributed by atoms with Crippen LogP contribution in [0.5, 0.6) is 0 Å². The Morgan fingerprint density at radius 1 is 1.46 bits per heavy atom. The molecular formula is C10H15NO2. The van der Waals surface area contributed by atoms with E-state index in [0.29, 0.717) is 11.3 Å².